The Kier molecular flexibility index (Phi) is 7.20. The van der Waals surface area contributed by atoms with Gasteiger partial charge in [0.15, 0.2) is 0 Å². The number of nitrogens with zero attached hydrogens (tertiary/aromatic N) is 3. The summed E-state index contributed by atoms with van der Waals surface area (Å²) < 4.78 is 21.3. The molecule has 3 aromatic carbocycles. The minimum atomic E-state index is -0.359. The molecule has 0 spiro atoms. The van der Waals surface area contributed by atoms with Crippen molar-refractivity contribution in [2.75, 3.05) is 33.3 Å². The van der Waals surface area contributed by atoms with Gasteiger partial charge in [0, 0.05) is 48.1 Å². The van der Waals surface area contributed by atoms with Gasteiger partial charge in [0.1, 0.15) is 11.6 Å². The van der Waals surface area contributed by atoms with Crippen LogP contribution in [0.5, 0.6) is 5.75 Å². The summed E-state index contributed by atoms with van der Waals surface area (Å²) in [4.78, 5) is 30.2. The average molecular weight is 532 g/mol. The van der Waals surface area contributed by atoms with Crippen molar-refractivity contribution in [2.24, 2.45) is 0 Å². The van der Waals surface area contributed by atoms with Crippen LogP contribution in [0.2, 0.25) is 5.02 Å². The number of methoxy groups -OCH3 is 1. The van der Waals surface area contributed by atoms with Gasteiger partial charge in [-0.05, 0) is 67.1 Å². The Morgan fingerprint density at radius 1 is 0.842 bits per heavy atom. The fourth-order valence-electron chi connectivity index (χ4n) is 4.83. The highest BCUT2D eigenvalue weighted by molar-refractivity contribution is 6.30. The van der Waals surface area contributed by atoms with E-state index in [0.29, 0.717) is 59.5 Å². The van der Waals surface area contributed by atoms with E-state index in [2.05, 4.69) is 0 Å². The van der Waals surface area contributed by atoms with Crippen LogP contribution in [-0.2, 0) is 0 Å². The fraction of sp³-hybridized carbons (Fsp3) is 0.200. The maximum atomic E-state index is 14.1. The van der Waals surface area contributed by atoms with Crippen LogP contribution in [0, 0.1) is 12.7 Å². The lowest BCUT2D eigenvalue weighted by Crippen LogP contribution is -2.50. The standard InChI is InChI=1S/C30H27ClFN3O3/c1-20-27(19-28(21-9-11-23(31)12-10-21)35(20)25-7-4-6-24(32)18-25)30(37)34-15-13-33(14-16-34)29(36)22-5-3-8-26(17-22)38-2/h3-12,17-19H,13-16H2,1-2H3. The van der Waals surface area contributed by atoms with Gasteiger partial charge < -0.3 is 19.1 Å². The Morgan fingerprint density at radius 3 is 2.16 bits per heavy atom. The molecular formula is C30H27ClFN3O3. The third-order valence-corrected chi connectivity index (χ3v) is 7.11. The van der Waals surface area contributed by atoms with Crippen molar-refractivity contribution in [3.63, 3.8) is 0 Å². The number of carbonyl (C=O) groups is 2. The number of carbonyl (C=O) groups excluding carboxylic acids is 2. The molecule has 1 aliphatic rings. The molecule has 0 aliphatic carbocycles. The van der Waals surface area contributed by atoms with Gasteiger partial charge in [-0.2, -0.15) is 0 Å². The molecule has 0 atom stereocenters. The molecule has 0 radical (unpaired) electrons. The highest BCUT2D eigenvalue weighted by Gasteiger charge is 2.28. The van der Waals surface area contributed by atoms with Crippen LogP contribution in [0.4, 0.5) is 4.39 Å². The van der Waals surface area contributed by atoms with Crippen LogP contribution in [-0.4, -0.2) is 59.5 Å². The summed E-state index contributed by atoms with van der Waals surface area (Å²) in [6, 6.07) is 22.5. The quantitative estimate of drug-likeness (QED) is 0.324. The first-order valence-electron chi connectivity index (χ1n) is 12.3. The van der Waals surface area contributed by atoms with Crippen molar-refractivity contribution in [1.29, 1.82) is 0 Å². The molecule has 6 nitrogen and oxygen atoms in total. The molecule has 1 saturated heterocycles. The minimum absolute atomic E-state index is 0.0885. The van der Waals surface area contributed by atoms with Gasteiger partial charge in [0.25, 0.3) is 11.8 Å². The first kappa shape index (κ1) is 25.5. The maximum Gasteiger partial charge on any atom is 0.255 e. The Labute approximate surface area is 225 Å². The van der Waals surface area contributed by atoms with Crippen molar-refractivity contribution < 1.29 is 18.7 Å². The molecule has 194 valence electrons. The van der Waals surface area contributed by atoms with E-state index in [1.165, 1.54) is 12.1 Å². The van der Waals surface area contributed by atoms with E-state index in [-0.39, 0.29) is 17.6 Å². The molecule has 2 heterocycles. The van der Waals surface area contributed by atoms with E-state index in [1.54, 1.807) is 59.4 Å². The first-order valence-corrected chi connectivity index (χ1v) is 12.7. The summed E-state index contributed by atoms with van der Waals surface area (Å²) in [5, 5.41) is 0.604. The lowest BCUT2D eigenvalue weighted by molar-refractivity contribution is 0.0535. The topological polar surface area (TPSA) is 54.8 Å². The average Bonchev–Trinajstić information content (AvgIpc) is 3.29. The largest absolute Gasteiger partial charge is 0.497 e. The Morgan fingerprint density at radius 2 is 1.50 bits per heavy atom. The molecule has 0 unspecified atom stereocenters. The number of amides is 2. The summed E-state index contributed by atoms with van der Waals surface area (Å²) in [5.41, 5.74) is 4.04. The number of benzene rings is 3. The number of piperazine rings is 1. The van der Waals surface area contributed by atoms with E-state index >= 15 is 0 Å². The van der Waals surface area contributed by atoms with Crippen LogP contribution in [0.25, 0.3) is 16.9 Å². The number of ether oxygens (including phenoxy) is 1. The van der Waals surface area contributed by atoms with Crippen molar-refractivity contribution in [3.05, 3.63) is 107 Å². The third kappa shape index (κ3) is 5.02. The summed E-state index contributed by atoms with van der Waals surface area (Å²) in [5.74, 6) is 0.0533. The first-order chi connectivity index (χ1) is 18.4. The van der Waals surface area contributed by atoms with E-state index in [9.17, 15) is 14.0 Å². The van der Waals surface area contributed by atoms with Crippen LogP contribution < -0.4 is 4.74 Å². The number of aromatic nitrogens is 1. The van der Waals surface area contributed by atoms with E-state index in [4.69, 9.17) is 16.3 Å². The van der Waals surface area contributed by atoms with Gasteiger partial charge in [0.05, 0.1) is 18.4 Å². The zero-order chi connectivity index (χ0) is 26.8. The molecule has 8 heteroatoms. The van der Waals surface area contributed by atoms with Crippen LogP contribution in [0.15, 0.2) is 78.9 Å². The third-order valence-electron chi connectivity index (χ3n) is 6.85. The zero-order valence-corrected chi connectivity index (χ0v) is 21.9. The number of hydrogen-bond donors (Lipinski definition) is 0. The minimum Gasteiger partial charge on any atom is -0.497 e. The fourth-order valence-corrected chi connectivity index (χ4v) is 4.95. The maximum absolute atomic E-state index is 14.1. The van der Waals surface area contributed by atoms with E-state index < -0.39 is 0 Å². The van der Waals surface area contributed by atoms with Gasteiger partial charge in [-0.1, -0.05) is 35.9 Å². The molecule has 2 amide bonds. The molecule has 38 heavy (non-hydrogen) atoms. The van der Waals surface area contributed by atoms with Crippen LogP contribution in [0.3, 0.4) is 0 Å². The second-order valence-corrected chi connectivity index (χ2v) is 9.60. The molecule has 1 aromatic heterocycles. The lowest BCUT2D eigenvalue weighted by atomic mass is 10.1. The van der Waals surface area contributed by atoms with E-state index in [0.717, 1.165) is 11.3 Å². The Bertz CT molecular complexity index is 1490. The molecule has 4 aromatic rings. The van der Waals surface area contributed by atoms with Gasteiger partial charge >= 0.3 is 0 Å². The van der Waals surface area contributed by atoms with Gasteiger partial charge in [0.2, 0.25) is 0 Å². The monoisotopic (exact) mass is 531 g/mol. The van der Waals surface area contributed by atoms with E-state index in [1.807, 2.05) is 35.8 Å². The summed E-state index contributed by atoms with van der Waals surface area (Å²) in [6.45, 7) is 3.54. The number of rotatable bonds is 5. The molecule has 1 aliphatic heterocycles. The number of halogens is 2. The Hall–Kier alpha value is -4.10. The smallest absolute Gasteiger partial charge is 0.255 e. The molecule has 0 bridgehead atoms. The molecule has 5 rings (SSSR count). The van der Waals surface area contributed by atoms with Crippen molar-refractivity contribution in [2.45, 2.75) is 6.92 Å². The molecular weight excluding hydrogens is 505 g/mol. The summed E-state index contributed by atoms with van der Waals surface area (Å²) in [6.07, 6.45) is 0. The normalized spacial score (nSPS) is 13.5. The summed E-state index contributed by atoms with van der Waals surface area (Å²) in [7, 11) is 1.57. The number of hydrogen-bond acceptors (Lipinski definition) is 3. The predicted molar refractivity (Wildman–Crippen MR) is 146 cm³/mol. The van der Waals surface area contributed by atoms with Crippen LogP contribution in [0.1, 0.15) is 26.4 Å². The highest BCUT2D eigenvalue weighted by atomic mass is 35.5. The molecule has 0 N–H and O–H groups in total. The predicted octanol–water partition coefficient (Wildman–Crippen LogP) is 5.85. The molecule has 1 fully saturated rings. The van der Waals surface area contributed by atoms with Crippen molar-refractivity contribution >= 4 is 23.4 Å². The van der Waals surface area contributed by atoms with Crippen molar-refractivity contribution in [3.8, 4) is 22.7 Å². The van der Waals surface area contributed by atoms with Gasteiger partial charge in [-0.3, -0.25) is 9.59 Å². The second-order valence-electron chi connectivity index (χ2n) is 9.17. The van der Waals surface area contributed by atoms with Gasteiger partial charge in [-0.15, -0.1) is 0 Å². The SMILES string of the molecule is COc1cccc(C(=O)N2CCN(C(=O)c3cc(-c4ccc(Cl)cc4)n(-c4cccc(F)c4)c3C)CC2)c1. The van der Waals surface area contributed by atoms with Crippen LogP contribution >= 0.6 is 11.6 Å². The Balaban J connectivity index is 1.40. The van der Waals surface area contributed by atoms with Crippen molar-refractivity contribution in [1.82, 2.24) is 14.4 Å². The lowest BCUT2D eigenvalue weighted by Gasteiger charge is -2.35. The highest BCUT2D eigenvalue weighted by Crippen LogP contribution is 2.31. The molecule has 0 saturated carbocycles. The van der Waals surface area contributed by atoms with Gasteiger partial charge in [-0.25, -0.2) is 4.39 Å². The summed E-state index contributed by atoms with van der Waals surface area (Å²) >= 11 is 6.10. The zero-order valence-electron chi connectivity index (χ0n) is 21.2. The second kappa shape index (κ2) is 10.7.